The maximum absolute atomic E-state index is 9.76. The minimum absolute atomic E-state index is 0.149. The van der Waals surface area contributed by atoms with Gasteiger partial charge in [0, 0.05) is 0 Å². The molecule has 94 valence electrons. The van der Waals surface area contributed by atoms with Gasteiger partial charge in [0.1, 0.15) is 0 Å². The molecule has 17 heavy (non-hydrogen) atoms. The molecule has 0 aromatic heterocycles. The molecule has 1 aromatic carbocycles. The fourth-order valence-electron chi connectivity index (χ4n) is 1.43. The Bertz CT molecular complexity index is 335. The molecule has 0 aliphatic carbocycles. The van der Waals surface area contributed by atoms with Crippen molar-refractivity contribution < 1.29 is 5.11 Å². The van der Waals surface area contributed by atoms with Crippen LogP contribution in [0.2, 0.25) is 4.47 Å². The summed E-state index contributed by atoms with van der Waals surface area (Å²) in [6, 6.07) is 8.68. The van der Waals surface area contributed by atoms with Crippen LogP contribution in [0.4, 0.5) is 5.69 Å². The van der Waals surface area contributed by atoms with Crippen LogP contribution in [0.25, 0.3) is 0 Å². The molecule has 0 heterocycles. The third-order valence-corrected chi connectivity index (χ3v) is 5.80. The fraction of sp³-hybridized carbons (Fsp3) is 0.429. The van der Waals surface area contributed by atoms with E-state index in [0.29, 0.717) is 0 Å². The number of aliphatic hydroxyl groups is 1. The van der Waals surface area contributed by atoms with Crippen molar-refractivity contribution in [3.8, 4) is 0 Å². The van der Waals surface area contributed by atoms with E-state index < -0.39 is 0 Å². The number of hydrogen-bond acceptors (Lipinski definition) is 2. The SMILES string of the molecule is C=CCCC(O)C[Te]c1ccc(N(C)C)cc1. The number of nitrogens with zero attached hydrogens (tertiary/aromatic N) is 1. The van der Waals surface area contributed by atoms with Crippen LogP contribution in [0, 0.1) is 0 Å². The summed E-state index contributed by atoms with van der Waals surface area (Å²) < 4.78 is 2.37. The molecule has 0 bridgehead atoms. The minimum atomic E-state index is -0.249. The van der Waals surface area contributed by atoms with Crippen molar-refractivity contribution in [3.63, 3.8) is 0 Å². The van der Waals surface area contributed by atoms with Crippen molar-refractivity contribution in [1.82, 2.24) is 0 Å². The zero-order valence-corrected chi connectivity index (χ0v) is 12.9. The molecule has 1 aromatic rings. The van der Waals surface area contributed by atoms with Crippen molar-refractivity contribution in [2.75, 3.05) is 19.0 Å². The van der Waals surface area contributed by atoms with E-state index in [4.69, 9.17) is 0 Å². The Morgan fingerprint density at radius 2 is 2.00 bits per heavy atom. The van der Waals surface area contributed by atoms with Crippen molar-refractivity contribution in [2.24, 2.45) is 0 Å². The van der Waals surface area contributed by atoms with Crippen LogP contribution in [-0.4, -0.2) is 46.2 Å². The number of rotatable bonds is 7. The van der Waals surface area contributed by atoms with Crippen molar-refractivity contribution in [1.29, 1.82) is 0 Å². The molecule has 0 aliphatic rings. The first kappa shape index (κ1) is 14.6. The van der Waals surface area contributed by atoms with E-state index in [1.165, 1.54) is 9.30 Å². The van der Waals surface area contributed by atoms with Crippen molar-refractivity contribution >= 4 is 30.2 Å². The van der Waals surface area contributed by atoms with E-state index in [0.717, 1.165) is 17.3 Å². The van der Waals surface area contributed by atoms with Crippen LogP contribution in [0.3, 0.4) is 0 Å². The van der Waals surface area contributed by atoms with Gasteiger partial charge >= 0.3 is 115 Å². The van der Waals surface area contributed by atoms with Crippen molar-refractivity contribution in [2.45, 2.75) is 23.4 Å². The van der Waals surface area contributed by atoms with Gasteiger partial charge in [-0.1, -0.05) is 0 Å². The van der Waals surface area contributed by atoms with Crippen LogP contribution in [0.1, 0.15) is 12.8 Å². The predicted octanol–water partition coefficient (Wildman–Crippen LogP) is 1.83. The van der Waals surface area contributed by atoms with Gasteiger partial charge < -0.3 is 0 Å². The Hall–Kier alpha value is -0.490. The maximum atomic E-state index is 9.76. The molecule has 2 nitrogen and oxygen atoms in total. The topological polar surface area (TPSA) is 23.5 Å². The second-order valence-electron chi connectivity index (χ2n) is 4.22. The molecule has 0 saturated carbocycles. The molecule has 1 unspecified atom stereocenters. The van der Waals surface area contributed by atoms with E-state index in [1.807, 2.05) is 20.2 Å². The first-order chi connectivity index (χ1) is 8.13. The molecule has 0 radical (unpaired) electrons. The van der Waals surface area contributed by atoms with E-state index in [-0.39, 0.29) is 27.0 Å². The third-order valence-electron chi connectivity index (χ3n) is 2.50. The molecule has 3 heteroatoms. The zero-order chi connectivity index (χ0) is 12.7. The Kier molecular flexibility index (Phi) is 6.65. The molecular weight excluding hydrogens is 326 g/mol. The molecule has 1 rings (SSSR count). The van der Waals surface area contributed by atoms with Crippen LogP contribution in [0.15, 0.2) is 36.9 Å². The molecule has 0 amide bonds. The normalized spacial score (nSPS) is 12.2. The molecule has 0 fully saturated rings. The third kappa shape index (κ3) is 5.59. The predicted molar refractivity (Wildman–Crippen MR) is 76.4 cm³/mol. The van der Waals surface area contributed by atoms with E-state index in [9.17, 15) is 5.11 Å². The summed E-state index contributed by atoms with van der Waals surface area (Å²) in [6.07, 6.45) is 3.48. The summed E-state index contributed by atoms with van der Waals surface area (Å²) in [5.74, 6) is 0. The van der Waals surface area contributed by atoms with Gasteiger partial charge in [-0.05, 0) is 0 Å². The quantitative estimate of drug-likeness (QED) is 0.601. The Labute approximate surface area is 114 Å². The average Bonchev–Trinajstić information content (AvgIpc) is 2.34. The second kappa shape index (κ2) is 7.76. The van der Waals surface area contributed by atoms with Gasteiger partial charge in [-0.15, -0.1) is 0 Å². The van der Waals surface area contributed by atoms with Crippen molar-refractivity contribution in [3.05, 3.63) is 36.9 Å². The van der Waals surface area contributed by atoms with Gasteiger partial charge in [0.15, 0.2) is 0 Å². The van der Waals surface area contributed by atoms with Gasteiger partial charge in [0.25, 0.3) is 0 Å². The summed E-state index contributed by atoms with van der Waals surface area (Å²) in [5.41, 5.74) is 1.23. The van der Waals surface area contributed by atoms with Crippen LogP contribution in [0.5, 0.6) is 0 Å². The fourth-order valence-corrected chi connectivity index (χ4v) is 3.94. The molecule has 1 atom stereocenters. The monoisotopic (exact) mass is 349 g/mol. The summed E-state index contributed by atoms with van der Waals surface area (Å²) in [4.78, 5) is 2.10. The van der Waals surface area contributed by atoms with Gasteiger partial charge in [-0.25, -0.2) is 0 Å². The van der Waals surface area contributed by atoms with Crippen LogP contribution >= 0.6 is 0 Å². The number of benzene rings is 1. The second-order valence-corrected chi connectivity index (χ2v) is 7.34. The number of aliphatic hydroxyl groups excluding tert-OH is 1. The molecule has 1 N–H and O–H groups in total. The first-order valence-electron chi connectivity index (χ1n) is 5.82. The Balaban J connectivity index is 2.39. The van der Waals surface area contributed by atoms with Gasteiger partial charge in [0.05, 0.1) is 0 Å². The summed E-state index contributed by atoms with van der Waals surface area (Å²) in [5, 5.41) is 9.76. The zero-order valence-electron chi connectivity index (χ0n) is 10.6. The molecule has 0 saturated heterocycles. The average molecular weight is 347 g/mol. The number of allylic oxidation sites excluding steroid dienone is 1. The molecule has 0 aliphatic heterocycles. The standard InChI is InChI=1S/C14H21NOTe/c1-4-5-6-13(16)11-17-14-9-7-12(8-10-14)15(2)3/h4,7-10,13,16H,1,5-6,11H2,2-3H3. The van der Waals surface area contributed by atoms with E-state index in [2.05, 4.69) is 35.7 Å². The van der Waals surface area contributed by atoms with Gasteiger partial charge in [-0.3, -0.25) is 0 Å². The number of anilines is 1. The first-order valence-corrected chi connectivity index (χ1v) is 8.64. The summed E-state index contributed by atoms with van der Waals surface area (Å²) in [6.45, 7) is 3.67. The van der Waals surface area contributed by atoms with E-state index >= 15 is 0 Å². The summed E-state index contributed by atoms with van der Waals surface area (Å²) in [7, 11) is 4.09. The molecule has 0 spiro atoms. The van der Waals surface area contributed by atoms with Gasteiger partial charge in [0.2, 0.25) is 0 Å². The summed E-state index contributed by atoms with van der Waals surface area (Å²) >= 11 is -0.249. The van der Waals surface area contributed by atoms with Crippen LogP contribution in [-0.2, 0) is 0 Å². The number of hydrogen-bond donors (Lipinski definition) is 1. The molecular formula is C14H21NOTe. The van der Waals surface area contributed by atoms with E-state index in [1.54, 1.807) is 0 Å². The van der Waals surface area contributed by atoms with Crippen LogP contribution < -0.4 is 8.51 Å². The Morgan fingerprint density at radius 1 is 1.35 bits per heavy atom. The van der Waals surface area contributed by atoms with Gasteiger partial charge in [-0.2, -0.15) is 0 Å². The Morgan fingerprint density at radius 3 is 2.53 bits per heavy atom.